The highest BCUT2D eigenvalue weighted by atomic mass is 32.2. The maximum atomic E-state index is 13.1. The van der Waals surface area contributed by atoms with Gasteiger partial charge in [0.1, 0.15) is 11.6 Å². The van der Waals surface area contributed by atoms with Crippen molar-refractivity contribution in [3.05, 3.63) is 78.6 Å². The Labute approximate surface area is 193 Å². The second-order valence-electron chi connectivity index (χ2n) is 7.86. The van der Waals surface area contributed by atoms with Crippen molar-refractivity contribution in [2.75, 3.05) is 20.2 Å². The van der Waals surface area contributed by atoms with Gasteiger partial charge in [-0.1, -0.05) is 24.3 Å². The Hall–Kier alpha value is -2.75. The number of piperidine rings is 1. The van der Waals surface area contributed by atoms with Gasteiger partial charge >= 0.3 is 0 Å². The number of rotatable bonds is 6. The second kappa shape index (κ2) is 9.24. The molecule has 0 aliphatic carbocycles. The lowest BCUT2D eigenvalue weighted by atomic mass is 10.1. The van der Waals surface area contributed by atoms with E-state index in [9.17, 15) is 21.2 Å². The van der Waals surface area contributed by atoms with Crippen molar-refractivity contribution in [3.63, 3.8) is 0 Å². The highest BCUT2D eigenvalue weighted by Crippen LogP contribution is 2.29. The van der Waals surface area contributed by atoms with E-state index in [1.54, 1.807) is 31.4 Å². The minimum absolute atomic E-state index is 0.0549. The molecule has 0 aromatic heterocycles. The molecule has 0 bridgehead atoms. The van der Waals surface area contributed by atoms with Crippen molar-refractivity contribution < 1.29 is 26.0 Å². The van der Waals surface area contributed by atoms with Crippen molar-refractivity contribution in [1.29, 1.82) is 0 Å². The zero-order chi connectivity index (χ0) is 23.6. The summed E-state index contributed by atoms with van der Waals surface area (Å²) in [6.45, 7) is 0.210. The van der Waals surface area contributed by atoms with Crippen LogP contribution in [0.1, 0.15) is 12.8 Å². The number of methoxy groups -OCH3 is 1. The maximum absolute atomic E-state index is 13.1. The molecule has 1 aliphatic heterocycles. The predicted octanol–water partition coefficient (Wildman–Crippen LogP) is 4.13. The topological polar surface area (TPSA) is 80.8 Å². The van der Waals surface area contributed by atoms with Crippen molar-refractivity contribution in [3.8, 4) is 16.9 Å². The Morgan fingerprint density at radius 3 is 1.76 bits per heavy atom. The van der Waals surface area contributed by atoms with Crippen molar-refractivity contribution >= 4 is 19.9 Å². The Bertz CT molecular complexity index is 1310. The molecule has 0 amide bonds. The monoisotopic (exact) mass is 489 g/mol. The number of benzene rings is 3. The third-order valence-corrected chi connectivity index (χ3v) is 10.1. The van der Waals surface area contributed by atoms with Crippen molar-refractivity contribution in [2.24, 2.45) is 0 Å². The van der Waals surface area contributed by atoms with Crippen LogP contribution in [0.4, 0.5) is 4.39 Å². The predicted molar refractivity (Wildman–Crippen MR) is 124 cm³/mol. The van der Waals surface area contributed by atoms with Crippen LogP contribution in [0.25, 0.3) is 11.1 Å². The minimum atomic E-state index is -3.74. The van der Waals surface area contributed by atoms with E-state index in [1.165, 1.54) is 16.4 Å². The zero-order valence-corrected chi connectivity index (χ0v) is 19.6. The van der Waals surface area contributed by atoms with Gasteiger partial charge in [0.25, 0.3) is 0 Å². The summed E-state index contributed by atoms with van der Waals surface area (Å²) in [5, 5.41) is -0.702. The molecule has 9 heteroatoms. The first kappa shape index (κ1) is 23.4. The van der Waals surface area contributed by atoms with Gasteiger partial charge in [-0.25, -0.2) is 21.2 Å². The number of sulfone groups is 1. The lowest BCUT2D eigenvalue weighted by molar-refractivity contribution is 0.345. The molecule has 0 radical (unpaired) electrons. The fourth-order valence-electron chi connectivity index (χ4n) is 3.95. The Balaban J connectivity index is 1.46. The summed E-state index contributed by atoms with van der Waals surface area (Å²) in [4.78, 5) is 0.221. The number of hydrogen-bond acceptors (Lipinski definition) is 5. The van der Waals surface area contributed by atoms with Gasteiger partial charge in [0, 0.05) is 13.1 Å². The highest BCUT2D eigenvalue weighted by molar-refractivity contribution is 7.92. The van der Waals surface area contributed by atoms with E-state index in [1.807, 2.05) is 24.3 Å². The standard InChI is InChI=1S/C24H24FNO5S2/c1-31-21-8-2-18(3-9-21)19-4-10-24(11-5-19)33(29,30)26-16-14-23(15-17-26)32(27,28)22-12-6-20(25)7-13-22/h2-13,23H,14-17H2,1H3. The molecule has 1 fully saturated rings. The lowest BCUT2D eigenvalue weighted by Crippen LogP contribution is -2.42. The molecule has 1 saturated heterocycles. The third kappa shape index (κ3) is 4.80. The minimum Gasteiger partial charge on any atom is -0.497 e. The van der Waals surface area contributed by atoms with Crippen molar-refractivity contribution in [1.82, 2.24) is 4.31 Å². The first-order chi connectivity index (χ1) is 15.7. The second-order valence-corrected chi connectivity index (χ2v) is 12.0. The molecule has 0 atom stereocenters. The van der Waals surface area contributed by atoms with Crippen LogP contribution in [-0.4, -0.2) is 46.6 Å². The molecule has 0 saturated carbocycles. The molecule has 4 rings (SSSR count). The lowest BCUT2D eigenvalue weighted by Gasteiger charge is -2.31. The van der Waals surface area contributed by atoms with E-state index >= 15 is 0 Å². The number of ether oxygens (including phenoxy) is 1. The summed E-state index contributed by atoms with van der Waals surface area (Å²) in [6, 6.07) is 18.8. The average Bonchev–Trinajstić information content (AvgIpc) is 2.84. The first-order valence-electron chi connectivity index (χ1n) is 10.5. The smallest absolute Gasteiger partial charge is 0.243 e. The van der Waals surface area contributed by atoms with E-state index in [2.05, 4.69) is 0 Å². The molecule has 33 heavy (non-hydrogen) atoms. The van der Waals surface area contributed by atoms with Crippen LogP contribution in [0.3, 0.4) is 0 Å². The van der Waals surface area contributed by atoms with Gasteiger partial charge in [-0.15, -0.1) is 0 Å². The normalized spacial score (nSPS) is 15.9. The molecule has 0 unspecified atom stereocenters. The van der Waals surface area contributed by atoms with Crippen LogP contribution >= 0.6 is 0 Å². The van der Waals surface area contributed by atoms with Crippen LogP contribution in [0.2, 0.25) is 0 Å². The maximum Gasteiger partial charge on any atom is 0.243 e. The summed E-state index contributed by atoms with van der Waals surface area (Å²) in [5.41, 5.74) is 1.81. The van der Waals surface area contributed by atoms with Gasteiger partial charge in [0.05, 0.1) is 22.2 Å². The van der Waals surface area contributed by atoms with E-state index in [4.69, 9.17) is 4.74 Å². The summed E-state index contributed by atoms with van der Waals surface area (Å²) in [7, 11) is -5.80. The Morgan fingerprint density at radius 1 is 0.758 bits per heavy atom. The molecule has 6 nitrogen and oxygen atoms in total. The molecule has 3 aromatic rings. The number of sulfonamides is 1. The number of hydrogen-bond donors (Lipinski definition) is 0. The summed E-state index contributed by atoms with van der Waals surface area (Å²) >= 11 is 0. The van der Waals surface area contributed by atoms with Crippen molar-refractivity contribution in [2.45, 2.75) is 27.9 Å². The van der Waals surface area contributed by atoms with E-state index < -0.39 is 30.9 Å². The van der Waals surface area contributed by atoms with Gasteiger partial charge in [0.15, 0.2) is 9.84 Å². The highest BCUT2D eigenvalue weighted by Gasteiger charge is 2.35. The van der Waals surface area contributed by atoms with Gasteiger partial charge in [-0.05, 0) is 72.5 Å². The van der Waals surface area contributed by atoms with Gasteiger partial charge in [-0.2, -0.15) is 4.31 Å². The fraction of sp³-hybridized carbons (Fsp3) is 0.250. The Kier molecular flexibility index (Phi) is 6.56. The molecule has 3 aromatic carbocycles. The molecule has 174 valence electrons. The van der Waals surface area contributed by atoms with Crippen LogP contribution in [0.15, 0.2) is 82.6 Å². The largest absolute Gasteiger partial charge is 0.497 e. The molecular weight excluding hydrogens is 465 g/mol. The number of nitrogens with zero attached hydrogens (tertiary/aromatic N) is 1. The third-order valence-electron chi connectivity index (χ3n) is 5.90. The number of halogens is 1. The fourth-order valence-corrected chi connectivity index (χ4v) is 7.15. The first-order valence-corrected chi connectivity index (χ1v) is 13.4. The quantitative estimate of drug-likeness (QED) is 0.487. The van der Waals surface area contributed by atoms with Gasteiger partial charge in [-0.3, -0.25) is 0 Å². The zero-order valence-electron chi connectivity index (χ0n) is 18.0. The molecule has 0 spiro atoms. The van der Waals surface area contributed by atoms with Crippen LogP contribution in [0, 0.1) is 5.82 Å². The van der Waals surface area contributed by atoms with Crippen LogP contribution in [0.5, 0.6) is 5.75 Å². The Morgan fingerprint density at radius 2 is 1.24 bits per heavy atom. The molecular formula is C24H24FNO5S2. The van der Waals surface area contributed by atoms with E-state index in [-0.39, 0.29) is 35.7 Å². The van der Waals surface area contributed by atoms with Crippen LogP contribution < -0.4 is 4.74 Å². The molecule has 1 heterocycles. The van der Waals surface area contributed by atoms with Gasteiger partial charge < -0.3 is 4.74 Å². The SMILES string of the molecule is COc1ccc(-c2ccc(S(=O)(=O)N3CCC(S(=O)(=O)c4ccc(F)cc4)CC3)cc2)cc1. The average molecular weight is 490 g/mol. The van der Waals surface area contributed by atoms with E-state index in [0.717, 1.165) is 29.0 Å². The summed E-state index contributed by atoms with van der Waals surface area (Å²) in [5.74, 6) is 0.232. The summed E-state index contributed by atoms with van der Waals surface area (Å²) in [6.07, 6.45) is 0.367. The van der Waals surface area contributed by atoms with Gasteiger partial charge in [0.2, 0.25) is 10.0 Å². The molecule has 0 N–H and O–H groups in total. The van der Waals surface area contributed by atoms with E-state index in [0.29, 0.717) is 0 Å². The summed E-state index contributed by atoms with van der Waals surface area (Å²) < 4.78 is 71.5. The van der Waals surface area contributed by atoms with Crippen LogP contribution in [-0.2, 0) is 19.9 Å². The molecule has 1 aliphatic rings.